The Labute approximate surface area is 208 Å². The predicted molar refractivity (Wildman–Crippen MR) is 144 cm³/mol. The molecule has 1 N–H and O–H groups in total. The SMILES string of the molecule is CN=C/C(=C\C=C\c1cnc(N(C)c2cccc(F)c2)nc1NC1CCCCC1)CN1CCCC1. The summed E-state index contributed by atoms with van der Waals surface area (Å²) in [5, 5.41) is 3.67. The Kier molecular flexibility index (Phi) is 9.01. The molecule has 0 radical (unpaired) electrons. The lowest BCUT2D eigenvalue weighted by Gasteiger charge is -2.25. The predicted octanol–water partition coefficient (Wildman–Crippen LogP) is 5.86. The summed E-state index contributed by atoms with van der Waals surface area (Å²) in [5.74, 6) is 1.08. The van der Waals surface area contributed by atoms with Crippen molar-refractivity contribution >= 4 is 29.7 Å². The average molecular weight is 477 g/mol. The van der Waals surface area contributed by atoms with E-state index in [1.54, 1.807) is 6.07 Å². The quantitative estimate of drug-likeness (QED) is 0.363. The van der Waals surface area contributed by atoms with Crippen molar-refractivity contribution in [3.8, 4) is 0 Å². The zero-order valence-electron chi connectivity index (χ0n) is 21.0. The van der Waals surface area contributed by atoms with Gasteiger partial charge in [-0.3, -0.25) is 9.89 Å². The normalized spacial score (nSPS) is 18.1. The van der Waals surface area contributed by atoms with Crippen molar-refractivity contribution in [1.82, 2.24) is 14.9 Å². The fourth-order valence-corrected chi connectivity index (χ4v) is 4.80. The van der Waals surface area contributed by atoms with Gasteiger partial charge >= 0.3 is 0 Å². The fraction of sp³-hybridized carbons (Fsp3) is 0.464. The van der Waals surface area contributed by atoms with Gasteiger partial charge in [0, 0.05) is 50.3 Å². The zero-order valence-corrected chi connectivity index (χ0v) is 21.0. The van der Waals surface area contributed by atoms with E-state index >= 15 is 0 Å². The van der Waals surface area contributed by atoms with E-state index in [0.717, 1.165) is 43.9 Å². The fourth-order valence-electron chi connectivity index (χ4n) is 4.80. The number of rotatable bonds is 9. The largest absolute Gasteiger partial charge is 0.367 e. The van der Waals surface area contributed by atoms with Crippen molar-refractivity contribution in [3.05, 3.63) is 59.6 Å². The molecule has 0 bridgehead atoms. The Morgan fingerprint density at radius 2 is 2.00 bits per heavy atom. The summed E-state index contributed by atoms with van der Waals surface area (Å²) in [6, 6.07) is 6.90. The molecule has 0 spiro atoms. The number of aliphatic imine (C=N–C) groups is 1. The van der Waals surface area contributed by atoms with E-state index in [2.05, 4.69) is 38.4 Å². The molecule has 1 aromatic carbocycles. The van der Waals surface area contributed by atoms with Crippen LogP contribution in [0, 0.1) is 5.82 Å². The summed E-state index contributed by atoms with van der Waals surface area (Å²) in [6.45, 7) is 3.23. The molecule has 1 saturated heterocycles. The maximum atomic E-state index is 13.8. The van der Waals surface area contributed by atoms with Crippen LogP contribution in [0.4, 0.5) is 21.8 Å². The molecule has 1 aliphatic carbocycles. The van der Waals surface area contributed by atoms with Crippen molar-refractivity contribution in [1.29, 1.82) is 0 Å². The van der Waals surface area contributed by atoms with Gasteiger partial charge in [0.1, 0.15) is 11.6 Å². The average Bonchev–Trinajstić information content (AvgIpc) is 3.38. The van der Waals surface area contributed by atoms with Crippen LogP contribution in [0.1, 0.15) is 50.5 Å². The molecule has 4 rings (SSSR count). The first-order chi connectivity index (χ1) is 17.1. The molecule has 7 heteroatoms. The Morgan fingerprint density at radius 1 is 1.20 bits per heavy atom. The number of hydrogen-bond acceptors (Lipinski definition) is 6. The second kappa shape index (κ2) is 12.6. The van der Waals surface area contributed by atoms with E-state index in [0.29, 0.717) is 17.7 Å². The molecule has 2 aromatic rings. The number of hydrogen-bond donors (Lipinski definition) is 1. The molecule has 186 valence electrons. The molecule has 0 atom stereocenters. The van der Waals surface area contributed by atoms with Crippen LogP contribution in [0.25, 0.3) is 6.08 Å². The maximum Gasteiger partial charge on any atom is 0.231 e. The third kappa shape index (κ3) is 7.21. The van der Waals surface area contributed by atoms with Crippen LogP contribution < -0.4 is 10.2 Å². The topological polar surface area (TPSA) is 56.7 Å². The minimum absolute atomic E-state index is 0.276. The third-order valence-electron chi connectivity index (χ3n) is 6.73. The summed E-state index contributed by atoms with van der Waals surface area (Å²) in [5.41, 5.74) is 2.85. The smallest absolute Gasteiger partial charge is 0.231 e. The Morgan fingerprint density at radius 3 is 2.74 bits per heavy atom. The number of nitrogens with zero attached hydrogens (tertiary/aromatic N) is 5. The van der Waals surface area contributed by atoms with E-state index in [1.165, 1.54) is 49.8 Å². The number of halogens is 1. The Bertz CT molecular complexity index is 1050. The van der Waals surface area contributed by atoms with E-state index in [1.807, 2.05) is 37.5 Å². The second-order valence-corrected chi connectivity index (χ2v) is 9.46. The Hall–Kier alpha value is -3.06. The molecule has 6 nitrogen and oxygen atoms in total. The summed E-state index contributed by atoms with van der Waals surface area (Å²) >= 11 is 0. The van der Waals surface area contributed by atoms with Crippen molar-refractivity contribution < 1.29 is 4.39 Å². The third-order valence-corrected chi connectivity index (χ3v) is 6.73. The van der Waals surface area contributed by atoms with E-state index in [4.69, 9.17) is 4.98 Å². The number of nitrogens with one attached hydrogen (secondary N) is 1. The van der Waals surface area contributed by atoms with Crippen LogP contribution in [0.3, 0.4) is 0 Å². The van der Waals surface area contributed by atoms with Crippen molar-refractivity contribution in [2.45, 2.75) is 51.0 Å². The van der Waals surface area contributed by atoms with Gasteiger partial charge in [0.25, 0.3) is 0 Å². The highest BCUT2D eigenvalue weighted by Gasteiger charge is 2.17. The Balaban J connectivity index is 1.57. The lowest BCUT2D eigenvalue weighted by atomic mass is 9.95. The van der Waals surface area contributed by atoms with Crippen LogP contribution in [0.15, 0.2) is 53.2 Å². The van der Waals surface area contributed by atoms with Crippen LogP contribution in [0.5, 0.6) is 0 Å². The highest BCUT2D eigenvalue weighted by Crippen LogP contribution is 2.27. The van der Waals surface area contributed by atoms with Gasteiger partial charge in [-0.25, -0.2) is 9.37 Å². The molecule has 0 amide bonds. The number of allylic oxidation sites excluding steroid dienone is 2. The summed E-state index contributed by atoms with van der Waals surface area (Å²) < 4.78 is 13.8. The van der Waals surface area contributed by atoms with Gasteiger partial charge in [-0.05, 0) is 68.6 Å². The summed E-state index contributed by atoms with van der Waals surface area (Å²) in [7, 11) is 3.68. The monoisotopic (exact) mass is 476 g/mol. The van der Waals surface area contributed by atoms with Crippen molar-refractivity contribution in [3.63, 3.8) is 0 Å². The van der Waals surface area contributed by atoms with Crippen LogP contribution >= 0.6 is 0 Å². The lowest BCUT2D eigenvalue weighted by molar-refractivity contribution is 0.373. The van der Waals surface area contributed by atoms with Gasteiger partial charge in [0.05, 0.1) is 0 Å². The van der Waals surface area contributed by atoms with Gasteiger partial charge in [0.2, 0.25) is 5.95 Å². The minimum Gasteiger partial charge on any atom is -0.367 e. The van der Waals surface area contributed by atoms with E-state index in [-0.39, 0.29) is 5.82 Å². The molecule has 1 aliphatic heterocycles. The standard InChI is InChI=1S/C28H37FN6/c1-30-19-22(21-35-16-6-7-17-35)10-8-11-23-20-31-28(34(2)26-15-9-12-24(29)18-26)33-27(23)32-25-13-4-3-5-14-25/h8-12,15,18-20,25H,3-7,13-14,16-17,21H2,1-2H3,(H,31,32,33)/b11-8+,22-10+,30-19?. The molecule has 0 unspecified atom stereocenters. The summed E-state index contributed by atoms with van der Waals surface area (Å²) in [4.78, 5) is 18.0. The summed E-state index contributed by atoms with van der Waals surface area (Å²) in [6.07, 6.45) is 18.7. The van der Waals surface area contributed by atoms with Crippen LogP contribution in [-0.4, -0.2) is 60.9 Å². The molecule has 2 aliphatic rings. The number of anilines is 3. The van der Waals surface area contributed by atoms with Gasteiger partial charge in [-0.2, -0.15) is 4.98 Å². The van der Waals surface area contributed by atoms with E-state index < -0.39 is 0 Å². The van der Waals surface area contributed by atoms with Gasteiger partial charge in [-0.15, -0.1) is 0 Å². The highest BCUT2D eigenvalue weighted by atomic mass is 19.1. The molecular weight excluding hydrogens is 439 g/mol. The number of benzene rings is 1. The van der Waals surface area contributed by atoms with Crippen LogP contribution in [-0.2, 0) is 0 Å². The molecule has 1 aromatic heterocycles. The minimum atomic E-state index is -0.276. The maximum absolute atomic E-state index is 13.8. The van der Waals surface area contributed by atoms with Crippen molar-refractivity contribution in [2.24, 2.45) is 4.99 Å². The van der Waals surface area contributed by atoms with Gasteiger partial charge < -0.3 is 10.2 Å². The first-order valence-electron chi connectivity index (χ1n) is 12.8. The first kappa shape index (κ1) is 25.0. The zero-order chi connectivity index (χ0) is 24.5. The van der Waals surface area contributed by atoms with Crippen molar-refractivity contribution in [2.75, 3.05) is 43.9 Å². The molecular formula is C28H37FN6. The lowest BCUT2D eigenvalue weighted by Crippen LogP contribution is -2.24. The van der Waals surface area contributed by atoms with Crippen LogP contribution in [0.2, 0.25) is 0 Å². The first-order valence-corrected chi connectivity index (χ1v) is 12.8. The molecule has 1 saturated carbocycles. The van der Waals surface area contributed by atoms with Gasteiger partial charge in [0.15, 0.2) is 0 Å². The van der Waals surface area contributed by atoms with E-state index in [9.17, 15) is 4.39 Å². The molecule has 35 heavy (non-hydrogen) atoms. The highest BCUT2D eigenvalue weighted by molar-refractivity contribution is 5.80. The second-order valence-electron chi connectivity index (χ2n) is 9.46. The van der Waals surface area contributed by atoms with Gasteiger partial charge in [-0.1, -0.05) is 37.5 Å². The molecule has 2 heterocycles. The number of aromatic nitrogens is 2. The number of likely N-dealkylation sites (tertiary alicyclic amines) is 1. The molecule has 2 fully saturated rings.